The Kier molecular flexibility index (Phi) is 27.6. The summed E-state index contributed by atoms with van der Waals surface area (Å²) < 4.78 is 16.8. The van der Waals surface area contributed by atoms with Gasteiger partial charge in [0.1, 0.15) is 13.2 Å². The predicted molar refractivity (Wildman–Crippen MR) is 143 cm³/mol. The highest BCUT2D eigenvalue weighted by Gasteiger charge is 2.05. The van der Waals surface area contributed by atoms with Crippen LogP contribution in [0, 0.1) is 0 Å². The fourth-order valence-electron chi connectivity index (χ4n) is 2.09. The van der Waals surface area contributed by atoms with Gasteiger partial charge < -0.3 is 14.9 Å². The largest absolute Gasteiger partial charge is 0.463 e. The van der Waals surface area contributed by atoms with Gasteiger partial charge >= 0.3 is 5.97 Å². The molecule has 1 unspecified atom stereocenters. The molecule has 0 saturated heterocycles. The standard InChI is InChI=1S/C20H38O8S5/c21-5-8-26-19(23)3-12-30-11-2-17-33(25)18-16-31-14-15-32-20(24)4-13-29-10-1-7-27-28-9-6-22/h21-22H,1-18H2. The van der Waals surface area contributed by atoms with Crippen LogP contribution in [0.2, 0.25) is 0 Å². The Morgan fingerprint density at radius 2 is 1.36 bits per heavy atom. The fraction of sp³-hybridized carbons (Fsp3) is 0.900. The van der Waals surface area contributed by atoms with Crippen LogP contribution >= 0.6 is 47.0 Å². The zero-order valence-corrected chi connectivity index (χ0v) is 23.2. The third-order valence-corrected chi connectivity index (χ3v) is 9.62. The van der Waals surface area contributed by atoms with Gasteiger partial charge in [0.25, 0.3) is 0 Å². The molecular weight excluding hydrogens is 529 g/mol. The molecule has 0 rings (SSSR count). The van der Waals surface area contributed by atoms with E-state index in [1.807, 2.05) is 0 Å². The summed E-state index contributed by atoms with van der Waals surface area (Å²) in [6.45, 7) is 0.520. The summed E-state index contributed by atoms with van der Waals surface area (Å²) in [6.07, 6.45) is 2.60. The monoisotopic (exact) mass is 566 g/mol. The minimum absolute atomic E-state index is 0.0517. The average Bonchev–Trinajstić information content (AvgIpc) is 2.81. The number of aliphatic hydroxyl groups is 2. The van der Waals surface area contributed by atoms with Gasteiger partial charge in [-0.15, -0.1) is 0 Å². The van der Waals surface area contributed by atoms with Crippen molar-refractivity contribution in [2.75, 3.05) is 84.8 Å². The molecule has 13 heteroatoms. The first-order valence-corrected chi connectivity index (χ1v) is 16.9. The Bertz CT molecular complexity index is 499. The first kappa shape index (κ1) is 33.5. The molecule has 0 aromatic rings. The molecule has 0 spiro atoms. The highest BCUT2D eigenvalue weighted by molar-refractivity contribution is 8.14. The lowest BCUT2D eigenvalue weighted by Crippen LogP contribution is -2.09. The van der Waals surface area contributed by atoms with Crippen LogP contribution in [-0.4, -0.2) is 110 Å². The van der Waals surface area contributed by atoms with Crippen molar-refractivity contribution in [2.24, 2.45) is 0 Å². The average molecular weight is 567 g/mol. The van der Waals surface area contributed by atoms with Crippen LogP contribution in [0.25, 0.3) is 0 Å². The first-order valence-electron chi connectivity index (χ1n) is 11.0. The van der Waals surface area contributed by atoms with Gasteiger partial charge in [-0.2, -0.15) is 35.3 Å². The van der Waals surface area contributed by atoms with E-state index < -0.39 is 10.8 Å². The number of carbonyl (C=O) groups excluding carboxylic acids is 2. The van der Waals surface area contributed by atoms with E-state index in [0.717, 1.165) is 47.4 Å². The van der Waals surface area contributed by atoms with Crippen LogP contribution in [0.5, 0.6) is 0 Å². The van der Waals surface area contributed by atoms with Crippen molar-refractivity contribution in [2.45, 2.75) is 25.7 Å². The maximum atomic E-state index is 12.0. The molecule has 0 aromatic carbocycles. The van der Waals surface area contributed by atoms with Gasteiger partial charge in [-0.3, -0.25) is 13.8 Å². The lowest BCUT2D eigenvalue weighted by Gasteiger charge is -2.05. The molecule has 0 aliphatic rings. The summed E-state index contributed by atoms with van der Waals surface area (Å²) in [5, 5.41) is 17.3. The Balaban J connectivity index is 3.34. The van der Waals surface area contributed by atoms with Crippen molar-refractivity contribution >= 4 is 68.9 Å². The highest BCUT2D eigenvalue weighted by Crippen LogP contribution is 2.13. The van der Waals surface area contributed by atoms with Crippen LogP contribution < -0.4 is 0 Å². The minimum Gasteiger partial charge on any atom is -0.463 e. The number of ether oxygens (including phenoxy) is 1. The zero-order chi connectivity index (χ0) is 24.4. The van der Waals surface area contributed by atoms with Crippen molar-refractivity contribution in [1.82, 2.24) is 0 Å². The molecule has 196 valence electrons. The Morgan fingerprint density at radius 3 is 2.12 bits per heavy atom. The summed E-state index contributed by atoms with van der Waals surface area (Å²) in [7, 11) is -0.821. The second-order valence-corrected chi connectivity index (χ2v) is 12.9. The van der Waals surface area contributed by atoms with Gasteiger partial charge in [-0.25, -0.2) is 9.78 Å². The molecule has 0 aliphatic heterocycles. The van der Waals surface area contributed by atoms with E-state index >= 15 is 0 Å². The molecule has 0 aliphatic carbocycles. The molecule has 0 amide bonds. The number of esters is 1. The first-order chi connectivity index (χ1) is 16.1. The van der Waals surface area contributed by atoms with E-state index in [4.69, 9.17) is 24.7 Å². The Labute approximate surface area is 217 Å². The number of thioether (sulfide) groups is 4. The van der Waals surface area contributed by atoms with Crippen molar-refractivity contribution < 1.29 is 38.5 Å². The fourth-order valence-corrected chi connectivity index (χ4v) is 7.49. The second-order valence-electron chi connectivity index (χ2n) is 6.42. The van der Waals surface area contributed by atoms with Crippen LogP contribution in [0.1, 0.15) is 25.7 Å². The third kappa shape index (κ3) is 27.0. The van der Waals surface area contributed by atoms with Crippen LogP contribution in [0.3, 0.4) is 0 Å². The molecule has 0 fully saturated rings. The van der Waals surface area contributed by atoms with E-state index in [2.05, 4.69) is 0 Å². The van der Waals surface area contributed by atoms with Gasteiger partial charge in [-0.1, -0.05) is 11.8 Å². The maximum absolute atomic E-state index is 12.0. The van der Waals surface area contributed by atoms with Gasteiger partial charge in [0.05, 0.1) is 26.2 Å². The number of hydrogen-bond acceptors (Lipinski definition) is 12. The number of rotatable bonds is 25. The van der Waals surface area contributed by atoms with Gasteiger partial charge in [-0.05, 0) is 24.3 Å². The molecule has 0 heterocycles. The highest BCUT2D eigenvalue weighted by atomic mass is 32.2. The third-order valence-electron chi connectivity index (χ3n) is 3.64. The van der Waals surface area contributed by atoms with Crippen LogP contribution in [-0.2, 0) is 34.9 Å². The SMILES string of the molecule is O=C(CCSCCCS(=O)CCSCCSC(=O)CCSCCCOOCCO)OCCO. The molecule has 33 heavy (non-hydrogen) atoms. The number of aliphatic hydroxyl groups excluding tert-OH is 2. The molecule has 2 N–H and O–H groups in total. The summed E-state index contributed by atoms with van der Waals surface area (Å²) in [5.41, 5.74) is 0. The molecular formula is C20H38O8S5. The van der Waals surface area contributed by atoms with E-state index in [9.17, 15) is 13.8 Å². The lowest BCUT2D eigenvalue weighted by atomic mass is 10.5. The van der Waals surface area contributed by atoms with Crippen molar-refractivity contribution in [3.05, 3.63) is 0 Å². The van der Waals surface area contributed by atoms with E-state index in [1.165, 1.54) is 11.8 Å². The Morgan fingerprint density at radius 1 is 0.697 bits per heavy atom. The summed E-state index contributed by atoms with van der Waals surface area (Å²) in [4.78, 5) is 32.7. The van der Waals surface area contributed by atoms with Crippen molar-refractivity contribution in [3.63, 3.8) is 0 Å². The number of hydrogen-bond donors (Lipinski definition) is 2. The van der Waals surface area contributed by atoms with Crippen molar-refractivity contribution in [1.29, 1.82) is 0 Å². The predicted octanol–water partition coefficient (Wildman–Crippen LogP) is 2.23. The van der Waals surface area contributed by atoms with E-state index in [0.29, 0.717) is 36.7 Å². The summed E-state index contributed by atoms with van der Waals surface area (Å²) in [6, 6.07) is 0. The molecule has 1 atom stereocenters. The van der Waals surface area contributed by atoms with E-state index in [1.54, 1.807) is 35.3 Å². The number of carbonyl (C=O) groups is 2. The van der Waals surface area contributed by atoms with Gasteiger partial charge in [0.15, 0.2) is 5.12 Å². The van der Waals surface area contributed by atoms with Gasteiger partial charge in [0.2, 0.25) is 0 Å². The molecule has 8 nitrogen and oxygen atoms in total. The lowest BCUT2D eigenvalue weighted by molar-refractivity contribution is -0.297. The molecule has 0 saturated carbocycles. The topological polar surface area (TPSA) is 119 Å². The normalized spacial score (nSPS) is 12.1. The summed E-state index contributed by atoms with van der Waals surface area (Å²) >= 11 is 6.48. The second kappa shape index (κ2) is 27.1. The zero-order valence-electron chi connectivity index (χ0n) is 19.1. The van der Waals surface area contributed by atoms with Crippen LogP contribution in [0.4, 0.5) is 0 Å². The molecule has 0 aromatic heterocycles. The molecule has 0 bridgehead atoms. The molecule has 0 radical (unpaired) electrons. The smallest absolute Gasteiger partial charge is 0.306 e. The Hall–Kier alpha value is 0.530. The van der Waals surface area contributed by atoms with Crippen LogP contribution in [0.15, 0.2) is 0 Å². The maximum Gasteiger partial charge on any atom is 0.306 e. The van der Waals surface area contributed by atoms with Gasteiger partial charge in [0, 0.05) is 57.5 Å². The van der Waals surface area contributed by atoms with Crippen molar-refractivity contribution in [3.8, 4) is 0 Å². The minimum atomic E-state index is -0.821. The van der Waals surface area contributed by atoms with E-state index in [-0.39, 0.29) is 37.5 Å². The quantitative estimate of drug-likeness (QED) is 0.0730. The summed E-state index contributed by atoms with van der Waals surface area (Å²) in [5.74, 6) is 6.83.